The SMILES string of the molecule is COc1cc(/C=C/C(=O)CC(=O)/C=C/c2ccc(OCC[NH3+])c(OC)c2)ccc1OCC[NH3+]. The van der Waals surface area contributed by atoms with Crippen molar-refractivity contribution >= 4 is 23.7 Å². The molecule has 0 atom stereocenters. The molecular weight excluding hydrogens is 424 g/mol. The lowest BCUT2D eigenvalue weighted by Gasteiger charge is -2.09. The maximum absolute atomic E-state index is 12.2. The molecule has 0 amide bonds. The molecule has 2 aromatic carbocycles. The number of hydrogen-bond donors (Lipinski definition) is 2. The van der Waals surface area contributed by atoms with Gasteiger partial charge in [0.2, 0.25) is 0 Å². The quantitative estimate of drug-likeness (QED) is 0.325. The summed E-state index contributed by atoms with van der Waals surface area (Å²) in [6.07, 6.45) is 5.82. The van der Waals surface area contributed by atoms with Crippen LogP contribution in [0.5, 0.6) is 23.0 Å². The summed E-state index contributed by atoms with van der Waals surface area (Å²) in [6, 6.07) is 10.7. The first-order valence-corrected chi connectivity index (χ1v) is 10.6. The summed E-state index contributed by atoms with van der Waals surface area (Å²) in [5.41, 5.74) is 9.00. The van der Waals surface area contributed by atoms with E-state index in [0.717, 1.165) is 11.1 Å². The first-order valence-electron chi connectivity index (χ1n) is 10.6. The number of carbonyl (C=O) groups is 2. The molecule has 0 aliphatic heterocycles. The van der Waals surface area contributed by atoms with Gasteiger partial charge in [0.25, 0.3) is 0 Å². The Labute approximate surface area is 193 Å². The monoisotopic (exact) mass is 456 g/mol. The third-order valence-electron chi connectivity index (χ3n) is 4.45. The predicted octanol–water partition coefficient (Wildman–Crippen LogP) is 1.20. The van der Waals surface area contributed by atoms with Gasteiger partial charge in [-0.3, -0.25) is 9.59 Å². The summed E-state index contributed by atoms with van der Waals surface area (Å²) in [6.45, 7) is 2.26. The van der Waals surface area contributed by atoms with Crippen LogP contribution in [-0.2, 0) is 9.59 Å². The second-order valence-corrected chi connectivity index (χ2v) is 7.00. The zero-order chi connectivity index (χ0) is 24.1. The molecule has 6 N–H and O–H groups in total. The Kier molecular flexibility index (Phi) is 10.7. The molecule has 0 heterocycles. The van der Waals surface area contributed by atoms with Gasteiger partial charge >= 0.3 is 0 Å². The number of allylic oxidation sites excluding steroid dienone is 2. The van der Waals surface area contributed by atoms with Gasteiger partial charge in [-0.1, -0.05) is 24.3 Å². The van der Waals surface area contributed by atoms with Crippen LogP contribution in [0.1, 0.15) is 17.5 Å². The maximum Gasteiger partial charge on any atom is 0.163 e. The molecule has 0 spiro atoms. The molecular formula is C25H32N2O6+2. The van der Waals surface area contributed by atoms with Gasteiger partial charge in [-0.15, -0.1) is 0 Å². The summed E-state index contributed by atoms with van der Waals surface area (Å²) in [4.78, 5) is 24.4. The molecule has 0 saturated heterocycles. The van der Waals surface area contributed by atoms with Gasteiger partial charge in [0.1, 0.15) is 26.3 Å². The van der Waals surface area contributed by atoms with E-state index >= 15 is 0 Å². The van der Waals surface area contributed by atoms with Crippen molar-refractivity contribution < 1.29 is 40.0 Å². The van der Waals surface area contributed by atoms with Crippen molar-refractivity contribution in [2.24, 2.45) is 0 Å². The van der Waals surface area contributed by atoms with E-state index < -0.39 is 0 Å². The van der Waals surface area contributed by atoms with Crippen molar-refractivity contribution in [3.05, 3.63) is 59.7 Å². The van der Waals surface area contributed by atoms with Gasteiger partial charge in [0, 0.05) is 0 Å². The van der Waals surface area contributed by atoms with Crippen LogP contribution in [0.25, 0.3) is 12.2 Å². The summed E-state index contributed by atoms with van der Waals surface area (Å²) in [5, 5.41) is 0. The van der Waals surface area contributed by atoms with Crippen LogP contribution < -0.4 is 30.4 Å². The van der Waals surface area contributed by atoms with E-state index in [9.17, 15) is 9.59 Å². The van der Waals surface area contributed by atoms with Crippen molar-refractivity contribution in [1.29, 1.82) is 0 Å². The van der Waals surface area contributed by atoms with Crippen LogP contribution >= 0.6 is 0 Å². The third-order valence-corrected chi connectivity index (χ3v) is 4.45. The molecule has 33 heavy (non-hydrogen) atoms. The van der Waals surface area contributed by atoms with E-state index in [4.69, 9.17) is 18.9 Å². The van der Waals surface area contributed by atoms with Crippen LogP contribution in [0, 0.1) is 0 Å². The number of ketones is 2. The first-order chi connectivity index (χ1) is 16.0. The summed E-state index contributed by atoms with van der Waals surface area (Å²) >= 11 is 0. The predicted molar refractivity (Wildman–Crippen MR) is 125 cm³/mol. The standard InChI is InChI=1S/C25H30N2O6/c1-30-24-15-18(5-9-22(24)32-13-11-26)3-7-20(28)17-21(29)8-4-19-6-10-23(33-14-12-27)25(16-19)31-2/h3-10,15-16H,11-14,17,26-27H2,1-2H3/p+2/b7-3+,8-4+. The van der Waals surface area contributed by atoms with E-state index in [1.807, 2.05) is 12.1 Å². The lowest BCUT2D eigenvalue weighted by molar-refractivity contribution is -0.371. The fourth-order valence-electron chi connectivity index (χ4n) is 2.85. The van der Waals surface area contributed by atoms with Crippen molar-refractivity contribution in [1.82, 2.24) is 0 Å². The van der Waals surface area contributed by atoms with Gasteiger partial charge < -0.3 is 30.4 Å². The topological polar surface area (TPSA) is 126 Å². The number of rotatable bonds is 14. The molecule has 8 nitrogen and oxygen atoms in total. The Balaban J connectivity index is 1.95. The van der Waals surface area contributed by atoms with Crippen molar-refractivity contribution in [3.63, 3.8) is 0 Å². The molecule has 0 bridgehead atoms. The number of benzene rings is 2. The van der Waals surface area contributed by atoms with E-state index in [2.05, 4.69) is 11.5 Å². The number of carbonyl (C=O) groups excluding carboxylic acids is 2. The molecule has 0 unspecified atom stereocenters. The van der Waals surface area contributed by atoms with E-state index in [1.165, 1.54) is 12.2 Å². The normalized spacial score (nSPS) is 11.0. The molecule has 2 rings (SSSR count). The molecule has 8 heteroatoms. The molecule has 2 aromatic rings. The van der Waals surface area contributed by atoms with Gasteiger partial charge in [0.15, 0.2) is 34.6 Å². The second-order valence-electron chi connectivity index (χ2n) is 7.00. The Morgan fingerprint density at radius 1 is 0.727 bits per heavy atom. The Morgan fingerprint density at radius 3 is 1.52 bits per heavy atom. The van der Waals surface area contributed by atoms with Crippen molar-refractivity contribution in [2.75, 3.05) is 40.5 Å². The number of ether oxygens (including phenoxy) is 4. The van der Waals surface area contributed by atoms with Gasteiger partial charge in [0.05, 0.1) is 20.6 Å². The van der Waals surface area contributed by atoms with Crippen LogP contribution in [0.15, 0.2) is 48.6 Å². The number of quaternary nitrogens is 2. The Morgan fingerprint density at radius 2 is 1.15 bits per heavy atom. The van der Waals surface area contributed by atoms with E-state index in [0.29, 0.717) is 49.3 Å². The number of hydrogen-bond acceptors (Lipinski definition) is 6. The average molecular weight is 457 g/mol. The highest BCUT2D eigenvalue weighted by molar-refractivity contribution is 6.10. The molecule has 176 valence electrons. The van der Waals surface area contributed by atoms with Crippen LogP contribution in [0.3, 0.4) is 0 Å². The molecule has 0 aromatic heterocycles. The summed E-state index contributed by atoms with van der Waals surface area (Å²) in [5.74, 6) is 1.77. The highest BCUT2D eigenvalue weighted by Gasteiger charge is 2.08. The zero-order valence-electron chi connectivity index (χ0n) is 19.2. The molecule has 0 fully saturated rings. The van der Waals surface area contributed by atoms with E-state index in [-0.39, 0.29) is 18.0 Å². The second kappa shape index (κ2) is 13.7. The Hall–Kier alpha value is -3.62. The highest BCUT2D eigenvalue weighted by atomic mass is 16.5. The van der Waals surface area contributed by atoms with Gasteiger partial charge in [-0.2, -0.15) is 0 Å². The first kappa shape index (κ1) is 25.6. The largest absolute Gasteiger partial charge is 0.493 e. The lowest BCUT2D eigenvalue weighted by Crippen LogP contribution is -2.52. The van der Waals surface area contributed by atoms with Crippen molar-refractivity contribution in [2.45, 2.75) is 6.42 Å². The maximum atomic E-state index is 12.2. The summed E-state index contributed by atoms with van der Waals surface area (Å²) in [7, 11) is 3.10. The molecule has 0 radical (unpaired) electrons. The van der Waals surface area contributed by atoms with Crippen molar-refractivity contribution in [3.8, 4) is 23.0 Å². The van der Waals surface area contributed by atoms with E-state index in [1.54, 1.807) is 50.6 Å². The minimum atomic E-state index is -0.296. The molecule has 0 aliphatic rings. The van der Waals surface area contributed by atoms with Crippen LogP contribution in [-0.4, -0.2) is 52.1 Å². The van der Waals surface area contributed by atoms with Crippen LogP contribution in [0.4, 0.5) is 0 Å². The fourth-order valence-corrected chi connectivity index (χ4v) is 2.85. The summed E-state index contributed by atoms with van der Waals surface area (Å²) < 4.78 is 21.8. The lowest BCUT2D eigenvalue weighted by atomic mass is 10.1. The third kappa shape index (κ3) is 8.44. The van der Waals surface area contributed by atoms with Gasteiger partial charge in [-0.25, -0.2) is 0 Å². The highest BCUT2D eigenvalue weighted by Crippen LogP contribution is 2.29. The fraction of sp³-hybridized carbons (Fsp3) is 0.280. The number of methoxy groups -OCH3 is 2. The van der Waals surface area contributed by atoms with Gasteiger partial charge in [-0.05, 0) is 47.5 Å². The molecule has 0 aliphatic carbocycles. The molecule has 0 saturated carbocycles. The Bertz CT molecular complexity index is 921. The zero-order valence-corrected chi connectivity index (χ0v) is 19.2. The smallest absolute Gasteiger partial charge is 0.163 e. The van der Waals surface area contributed by atoms with Crippen LogP contribution in [0.2, 0.25) is 0 Å². The average Bonchev–Trinajstić information content (AvgIpc) is 2.83. The minimum absolute atomic E-state index is 0.226. The minimum Gasteiger partial charge on any atom is -0.493 e.